The predicted molar refractivity (Wildman–Crippen MR) is 170 cm³/mol. The Kier molecular flexibility index (Phi) is 35.0. The average molecular weight is 1040 g/mol. The van der Waals surface area contributed by atoms with Gasteiger partial charge in [0.05, 0.1) is 0 Å². The Morgan fingerprint density at radius 1 is 0.267 bits per heavy atom. The summed E-state index contributed by atoms with van der Waals surface area (Å²) in [5.41, 5.74) is 0. The first-order valence-electron chi connectivity index (χ1n) is 10.8. The minimum atomic E-state index is -0.609. The normalized spacial score (nSPS) is 12.0. The van der Waals surface area contributed by atoms with Crippen LogP contribution in [0, 0.1) is 0 Å². The first-order chi connectivity index (χ1) is 12.8. The fourth-order valence-corrected chi connectivity index (χ4v) is 0. The molecule has 0 saturated carbocycles. The predicted octanol–water partition coefficient (Wildman–Crippen LogP) is 7.25. The Hall–Kier alpha value is 5.18. The molecule has 10 radical (unpaired) electrons. The van der Waals surface area contributed by atoms with Gasteiger partial charge in [0.1, 0.15) is 0 Å². The summed E-state index contributed by atoms with van der Waals surface area (Å²) in [6.45, 7) is 35.9. The number of rotatable bonds is 5. The molecule has 0 aromatic rings. The molecule has 30 heavy (non-hydrogen) atoms. The van der Waals surface area contributed by atoms with Crippen LogP contribution in [-0.4, -0.2) is 155 Å². The summed E-state index contributed by atoms with van der Waals surface area (Å²) in [5, 5.41) is 0. The van der Waals surface area contributed by atoms with E-state index < -0.39 is 40.4 Å². The van der Waals surface area contributed by atoms with Gasteiger partial charge in [0.2, 0.25) is 0 Å². The van der Waals surface area contributed by atoms with Crippen molar-refractivity contribution in [1.82, 2.24) is 0 Å². The SMILES string of the molecule is C[Si](C)(C)[CH2][Sb].C[Si](C)(C)[CH2][Sb].C[Si](C)(C)[CH2][Sb].C[Si](C)(C)[CH2][Sb].C[Si](C)(C)[CH2][Sb]. The standard InChI is InChI=1S/5C4H11Si.5Sb/c5*1-5(2,3)4;;;;;/h5*1H2,2-4H3;;;;;. The molecule has 0 aliphatic rings. The van der Waals surface area contributed by atoms with Gasteiger partial charge in [-0.15, -0.1) is 0 Å². The Morgan fingerprint density at radius 3 is 0.300 bits per heavy atom. The summed E-state index contributed by atoms with van der Waals surface area (Å²) in [4.78, 5) is 0. The molecule has 0 spiro atoms. The monoisotopic (exact) mass is 1040 g/mol. The topological polar surface area (TPSA) is 0 Å². The van der Waals surface area contributed by atoms with Crippen molar-refractivity contribution in [2.24, 2.45) is 0 Å². The Bertz CT molecular complexity index is 268. The summed E-state index contributed by atoms with van der Waals surface area (Å²) in [7, 11) is -3.04. The molecule has 0 aromatic heterocycles. The summed E-state index contributed by atoms with van der Waals surface area (Å²) >= 11 is 9.80. The zero-order valence-corrected chi connectivity index (χ0v) is 41.0. The van der Waals surface area contributed by atoms with Gasteiger partial charge in [-0.1, -0.05) is 0 Å². The zero-order valence-electron chi connectivity index (χ0n) is 23.3. The fraction of sp³-hybridized carbons (Fsp3) is 1.00. The van der Waals surface area contributed by atoms with Crippen LogP contribution in [0.3, 0.4) is 0 Å². The third-order valence-electron chi connectivity index (χ3n) is 2.37. The van der Waals surface area contributed by atoms with Gasteiger partial charge in [0.25, 0.3) is 0 Å². The molecule has 0 atom stereocenters. The van der Waals surface area contributed by atoms with Crippen molar-refractivity contribution in [2.75, 3.05) is 0 Å². The van der Waals surface area contributed by atoms with Crippen LogP contribution in [0.1, 0.15) is 0 Å². The van der Waals surface area contributed by atoms with Crippen molar-refractivity contribution in [2.45, 2.75) is 118 Å². The number of hydrogen-bond donors (Lipinski definition) is 0. The van der Waals surface area contributed by atoms with Crippen molar-refractivity contribution in [3.8, 4) is 0 Å². The molecule has 0 heterocycles. The second kappa shape index (κ2) is 23.3. The van der Waals surface area contributed by atoms with Crippen molar-refractivity contribution < 1.29 is 0 Å². The van der Waals surface area contributed by atoms with Crippen LogP contribution < -0.4 is 0 Å². The summed E-state index contributed by atoms with van der Waals surface area (Å²) < 4.78 is 7.30. The maximum absolute atomic E-state index is 2.39. The Labute approximate surface area is 269 Å². The van der Waals surface area contributed by atoms with Gasteiger partial charge in [0, 0.05) is 0 Å². The summed E-state index contributed by atoms with van der Waals surface area (Å²) in [6, 6.07) is 0. The molecule has 10 heteroatoms. The minimum absolute atomic E-state index is 0.609. The van der Waals surface area contributed by atoms with Crippen molar-refractivity contribution >= 4 is 155 Å². The quantitative estimate of drug-likeness (QED) is 0.255. The Morgan fingerprint density at radius 2 is 0.300 bits per heavy atom. The van der Waals surface area contributed by atoms with Crippen LogP contribution in [0.5, 0.6) is 0 Å². The van der Waals surface area contributed by atoms with E-state index in [0.29, 0.717) is 0 Å². The summed E-state index contributed by atoms with van der Waals surface area (Å²) in [6.07, 6.45) is 0. The molecule has 0 aliphatic carbocycles. The van der Waals surface area contributed by atoms with Crippen LogP contribution in [0.4, 0.5) is 0 Å². The zero-order chi connectivity index (χ0) is 26.0. The van der Waals surface area contributed by atoms with E-state index >= 15 is 0 Å². The van der Waals surface area contributed by atoms with E-state index in [9.17, 15) is 0 Å². The van der Waals surface area contributed by atoms with Crippen LogP contribution in [0.15, 0.2) is 0 Å². The van der Waals surface area contributed by atoms with E-state index in [1.54, 1.807) is 0 Å². The van der Waals surface area contributed by atoms with Crippen molar-refractivity contribution in [3.63, 3.8) is 0 Å². The molecule has 180 valence electrons. The molecule has 0 unspecified atom stereocenters. The van der Waals surface area contributed by atoms with E-state index in [1.165, 1.54) is 20.0 Å². The van der Waals surface area contributed by atoms with Crippen molar-refractivity contribution in [3.05, 3.63) is 0 Å². The molecule has 0 fully saturated rings. The van der Waals surface area contributed by atoms with Crippen LogP contribution >= 0.6 is 0 Å². The van der Waals surface area contributed by atoms with Gasteiger partial charge in [-0.3, -0.25) is 0 Å². The molecule has 0 nitrogen and oxygen atoms in total. The molecule has 0 aromatic carbocycles. The van der Waals surface area contributed by atoms with Gasteiger partial charge in [-0.05, 0) is 0 Å². The van der Waals surface area contributed by atoms with E-state index in [1.807, 2.05) is 115 Å². The molecular weight excluding hydrogens is 989 g/mol. The number of hydrogen-bond acceptors (Lipinski definition) is 0. The van der Waals surface area contributed by atoms with Gasteiger partial charge in [-0.25, -0.2) is 0 Å². The summed E-state index contributed by atoms with van der Waals surface area (Å²) in [5.74, 6) is 0. The van der Waals surface area contributed by atoms with E-state index in [4.69, 9.17) is 0 Å². The molecule has 0 N–H and O–H groups in total. The van der Waals surface area contributed by atoms with E-state index in [2.05, 4.69) is 98.2 Å². The Balaban J connectivity index is -0.0000000868. The van der Waals surface area contributed by atoms with Crippen LogP contribution in [0.2, 0.25) is 118 Å². The maximum atomic E-state index is 2.39. The first-order valence-corrected chi connectivity index (χ1v) is 38.4. The van der Waals surface area contributed by atoms with E-state index in [0.717, 1.165) is 0 Å². The van der Waals surface area contributed by atoms with Crippen LogP contribution in [0.25, 0.3) is 0 Å². The molecule has 0 saturated heterocycles. The molecule has 0 aliphatic heterocycles. The third kappa shape index (κ3) is 84.4. The molecular formula is C20H55Sb5Si5. The van der Waals surface area contributed by atoms with Gasteiger partial charge in [0.15, 0.2) is 0 Å². The van der Waals surface area contributed by atoms with Gasteiger partial charge < -0.3 is 0 Å². The van der Waals surface area contributed by atoms with Gasteiger partial charge in [-0.2, -0.15) is 0 Å². The van der Waals surface area contributed by atoms with Crippen LogP contribution in [-0.2, 0) is 0 Å². The fourth-order valence-electron chi connectivity index (χ4n) is 0. The van der Waals surface area contributed by atoms with Crippen molar-refractivity contribution in [1.29, 1.82) is 0 Å². The van der Waals surface area contributed by atoms with E-state index in [-0.39, 0.29) is 0 Å². The first kappa shape index (κ1) is 45.1. The average Bonchev–Trinajstić information content (AvgIpc) is 2.54. The third-order valence-corrected chi connectivity index (χ3v) is 47.7. The van der Waals surface area contributed by atoms with Gasteiger partial charge >= 0.3 is 274 Å². The molecule has 0 amide bonds. The second-order valence-corrected chi connectivity index (χ2v) is 54.3. The second-order valence-electron chi connectivity index (χ2n) is 13.6. The molecule has 0 rings (SSSR count). The molecule has 0 bridgehead atoms.